The highest BCUT2D eigenvalue weighted by Gasteiger charge is 2.31. The molecular formula is C13H20N2O3S. The second-order valence-corrected chi connectivity index (χ2v) is 7.04. The Kier molecular flexibility index (Phi) is 4.13. The fourth-order valence-corrected chi connectivity index (χ4v) is 4.11. The van der Waals surface area contributed by atoms with Crippen LogP contribution in [0.25, 0.3) is 0 Å². The van der Waals surface area contributed by atoms with Gasteiger partial charge in [0.25, 0.3) is 0 Å². The van der Waals surface area contributed by atoms with E-state index >= 15 is 0 Å². The van der Waals surface area contributed by atoms with Crippen LogP contribution in [0.5, 0.6) is 5.75 Å². The molecule has 0 aromatic heterocycles. The molecule has 0 saturated carbocycles. The van der Waals surface area contributed by atoms with E-state index in [0.717, 1.165) is 6.42 Å². The molecule has 19 heavy (non-hydrogen) atoms. The van der Waals surface area contributed by atoms with Gasteiger partial charge < -0.3 is 10.5 Å². The Bertz CT molecular complexity index is 535. The molecule has 2 atom stereocenters. The van der Waals surface area contributed by atoms with Crippen molar-refractivity contribution in [2.45, 2.75) is 24.3 Å². The Balaban J connectivity index is 2.30. The van der Waals surface area contributed by atoms with Crippen LogP contribution < -0.4 is 10.5 Å². The number of hydrogen-bond acceptors (Lipinski definition) is 4. The van der Waals surface area contributed by atoms with E-state index in [-0.39, 0.29) is 16.9 Å². The predicted octanol–water partition coefficient (Wildman–Crippen LogP) is 1.05. The summed E-state index contributed by atoms with van der Waals surface area (Å²) >= 11 is 0. The van der Waals surface area contributed by atoms with Crippen LogP contribution in [0.2, 0.25) is 0 Å². The molecule has 0 bridgehead atoms. The van der Waals surface area contributed by atoms with Gasteiger partial charge in [-0.15, -0.1) is 0 Å². The van der Waals surface area contributed by atoms with Crippen molar-refractivity contribution in [1.82, 2.24) is 4.31 Å². The fourth-order valence-electron chi connectivity index (χ4n) is 2.46. The lowest BCUT2D eigenvalue weighted by Crippen LogP contribution is -2.48. The zero-order chi connectivity index (χ0) is 14.0. The van der Waals surface area contributed by atoms with Gasteiger partial charge in [-0.1, -0.05) is 13.0 Å². The summed E-state index contributed by atoms with van der Waals surface area (Å²) in [5.41, 5.74) is 5.92. The Morgan fingerprint density at radius 2 is 2.11 bits per heavy atom. The van der Waals surface area contributed by atoms with Gasteiger partial charge in [0.15, 0.2) is 0 Å². The molecule has 0 radical (unpaired) electrons. The van der Waals surface area contributed by atoms with E-state index in [1.165, 1.54) is 11.4 Å². The van der Waals surface area contributed by atoms with E-state index in [2.05, 4.69) is 0 Å². The molecule has 1 saturated heterocycles. The lowest BCUT2D eigenvalue weighted by molar-refractivity contribution is 0.254. The average Bonchev–Trinajstić information content (AvgIpc) is 2.37. The second kappa shape index (κ2) is 5.48. The third kappa shape index (κ3) is 3.08. The second-order valence-electron chi connectivity index (χ2n) is 5.10. The van der Waals surface area contributed by atoms with Crippen molar-refractivity contribution in [3.05, 3.63) is 24.3 Å². The molecule has 1 fully saturated rings. The summed E-state index contributed by atoms with van der Waals surface area (Å²) < 4.78 is 31.7. The third-order valence-corrected chi connectivity index (χ3v) is 5.17. The van der Waals surface area contributed by atoms with E-state index in [1.54, 1.807) is 24.3 Å². The Morgan fingerprint density at radius 3 is 2.74 bits per heavy atom. The first-order valence-electron chi connectivity index (χ1n) is 6.33. The van der Waals surface area contributed by atoms with Gasteiger partial charge in [0.05, 0.1) is 12.0 Å². The zero-order valence-corrected chi connectivity index (χ0v) is 12.1. The molecule has 1 aromatic rings. The lowest BCUT2D eigenvalue weighted by Gasteiger charge is -2.33. The maximum absolute atomic E-state index is 12.6. The van der Waals surface area contributed by atoms with E-state index < -0.39 is 10.0 Å². The summed E-state index contributed by atoms with van der Waals surface area (Å²) in [6.45, 7) is 2.92. The van der Waals surface area contributed by atoms with Crippen molar-refractivity contribution in [2.75, 3.05) is 20.2 Å². The Morgan fingerprint density at radius 1 is 1.37 bits per heavy atom. The van der Waals surface area contributed by atoms with Gasteiger partial charge in [-0.05, 0) is 24.5 Å². The van der Waals surface area contributed by atoms with Gasteiger partial charge in [-0.3, -0.25) is 0 Å². The van der Waals surface area contributed by atoms with Gasteiger partial charge in [-0.2, -0.15) is 4.31 Å². The van der Waals surface area contributed by atoms with Gasteiger partial charge in [-0.25, -0.2) is 8.42 Å². The molecule has 0 amide bonds. The van der Waals surface area contributed by atoms with Crippen molar-refractivity contribution in [3.63, 3.8) is 0 Å². The molecule has 1 aliphatic rings. The maximum atomic E-state index is 12.6. The van der Waals surface area contributed by atoms with E-state index in [4.69, 9.17) is 10.5 Å². The van der Waals surface area contributed by atoms with Crippen LogP contribution in [-0.4, -0.2) is 39.0 Å². The SMILES string of the molecule is COc1cccc(S(=O)(=O)N2CC(C)CC(N)C2)c1. The number of nitrogens with two attached hydrogens (primary N) is 1. The summed E-state index contributed by atoms with van der Waals surface area (Å²) in [5, 5.41) is 0. The summed E-state index contributed by atoms with van der Waals surface area (Å²) in [5.74, 6) is 0.819. The summed E-state index contributed by atoms with van der Waals surface area (Å²) in [4.78, 5) is 0.258. The molecule has 0 spiro atoms. The summed E-state index contributed by atoms with van der Waals surface area (Å²) in [7, 11) is -1.97. The van der Waals surface area contributed by atoms with E-state index in [1.807, 2.05) is 6.92 Å². The van der Waals surface area contributed by atoms with Crippen LogP contribution in [0, 0.1) is 5.92 Å². The first kappa shape index (κ1) is 14.3. The minimum Gasteiger partial charge on any atom is -0.497 e. The molecule has 1 aliphatic heterocycles. The van der Waals surface area contributed by atoms with Crippen molar-refractivity contribution in [2.24, 2.45) is 11.7 Å². The molecule has 1 aromatic carbocycles. The summed E-state index contributed by atoms with van der Waals surface area (Å²) in [6.07, 6.45) is 0.865. The molecule has 0 aliphatic carbocycles. The molecule has 2 N–H and O–H groups in total. The van der Waals surface area contributed by atoms with Crippen LogP contribution >= 0.6 is 0 Å². The molecule has 6 heteroatoms. The molecule has 1 heterocycles. The largest absolute Gasteiger partial charge is 0.497 e. The van der Waals surface area contributed by atoms with E-state index in [0.29, 0.717) is 18.8 Å². The highest BCUT2D eigenvalue weighted by atomic mass is 32.2. The number of hydrogen-bond donors (Lipinski definition) is 1. The quantitative estimate of drug-likeness (QED) is 0.900. The number of ether oxygens (including phenoxy) is 1. The van der Waals surface area contributed by atoms with Crippen LogP contribution in [0.15, 0.2) is 29.2 Å². The van der Waals surface area contributed by atoms with Crippen LogP contribution in [-0.2, 0) is 10.0 Å². The first-order valence-corrected chi connectivity index (χ1v) is 7.77. The smallest absolute Gasteiger partial charge is 0.243 e. The van der Waals surface area contributed by atoms with Crippen molar-refractivity contribution >= 4 is 10.0 Å². The number of piperidine rings is 1. The number of nitrogens with zero attached hydrogens (tertiary/aromatic N) is 1. The number of rotatable bonds is 3. The van der Waals surface area contributed by atoms with Gasteiger partial charge >= 0.3 is 0 Å². The fraction of sp³-hybridized carbons (Fsp3) is 0.538. The molecule has 2 rings (SSSR count). The van der Waals surface area contributed by atoms with Crippen molar-refractivity contribution in [3.8, 4) is 5.75 Å². The van der Waals surface area contributed by atoms with Crippen molar-refractivity contribution in [1.29, 1.82) is 0 Å². The summed E-state index contributed by atoms with van der Waals surface area (Å²) in [6, 6.07) is 6.44. The Labute approximate surface area is 114 Å². The van der Waals surface area contributed by atoms with Gasteiger partial charge in [0.1, 0.15) is 5.75 Å². The molecule has 2 unspecified atom stereocenters. The number of sulfonamides is 1. The maximum Gasteiger partial charge on any atom is 0.243 e. The van der Waals surface area contributed by atoms with Crippen LogP contribution in [0.1, 0.15) is 13.3 Å². The standard InChI is InChI=1S/C13H20N2O3S/c1-10-6-11(14)9-15(8-10)19(16,17)13-5-3-4-12(7-13)18-2/h3-5,7,10-11H,6,8-9,14H2,1-2H3. The third-order valence-electron chi connectivity index (χ3n) is 3.34. The van der Waals surface area contributed by atoms with Crippen LogP contribution in [0.4, 0.5) is 0 Å². The lowest BCUT2D eigenvalue weighted by atomic mass is 9.99. The molecular weight excluding hydrogens is 264 g/mol. The highest BCUT2D eigenvalue weighted by molar-refractivity contribution is 7.89. The van der Waals surface area contributed by atoms with Gasteiger partial charge in [0.2, 0.25) is 10.0 Å². The molecule has 106 valence electrons. The minimum atomic E-state index is -3.49. The topological polar surface area (TPSA) is 72.6 Å². The number of methoxy groups -OCH3 is 1. The predicted molar refractivity (Wildman–Crippen MR) is 73.5 cm³/mol. The normalized spacial score (nSPS) is 25.2. The Hall–Kier alpha value is -1.11. The molecule has 5 nitrogen and oxygen atoms in total. The zero-order valence-electron chi connectivity index (χ0n) is 11.2. The monoisotopic (exact) mass is 284 g/mol. The minimum absolute atomic E-state index is 0.0934. The van der Waals surface area contributed by atoms with E-state index in [9.17, 15) is 8.42 Å². The highest BCUT2D eigenvalue weighted by Crippen LogP contribution is 2.25. The average molecular weight is 284 g/mol. The van der Waals surface area contributed by atoms with Crippen molar-refractivity contribution < 1.29 is 13.2 Å². The van der Waals surface area contributed by atoms with Gasteiger partial charge in [0, 0.05) is 25.2 Å². The number of benzene rings is 1. The van der Waals surface area contributed by atoms with Crippen LogP contribution in [0.3, 0.4) is 0 Å². The first-order chi connectivity index (χ1) is 8.93.